The number of aryl methyl sites for hydroxylation is 2. The summed E-state index contributed by atoms with van der Waals surface area (Å²) in [6.07, 6.45) is 10.8. The highest BCUT2D eigenvalue weighted by atomic mass is 32.1. The van der Waals surface area contributed by atoms with Crippen LogP contribution in [0.5, 0.6) is 0 Å². The molecule has 67 heavy (non-hydrogen) atoms. The molecule has 0 saturated carbocycles. The van der Waals surface area contributed by atoms with Crippen LogP contribution in [0.4, 0.5) is 4.79 Å². The number of carbonyl (C=O) groups excluding carboxylic acids is 2. The molecule has 2 aliphatic heterocycles. The average Bonchev–Trinajstić information content (AvgIpc) is 4.14. The number of carbonyl (C=O) groups is 3. The van der Waals surface area contributed by atoms with E-state index in [4.69, 9.17) is 9.84 Å². The summed E-state index contributed by atoms with van der Waals surface area (Å²) in [5.41, 5.74) is 7.22. The number of nitrogens with zero attached hydrogens (tertiary/aromatic N) is 10. The van der Waals surface area contributed by atoms with E-state index in [1.54, 1.807) is 33.6 Å². The second-order valence-corrected chi connectivity index (χ2v) is 21.2. The van der Waals surface area contributed by atoms with Gasteiger partial charge in [0.2, 0.25) is 0 Å². The summed E-state index contributed by atoms with van der Waals surface area (Å²) in [6.45, 7) is 19.9. The zero-order valence-electron chi connectivity index (χ0n) is 40.2. The zero-order chi connectivity index (χ0) is 48.1. The van der Waals surface area contributed by atoms with Crippen molar-refractivity contribution in [3.63, 3.8) is 0 Å². The largest absolute Gasteiger partial charge is 0.476 e. The first-order valence-electron chi connectivity index (χ1n) is 22.8. The maximum Gasteiger partial charge on any atom is 0.359 e. The monoisotopic (exact) mass is 948 g/mol. The van der Waals surface area contributed by atoms with Crippen molar-refractivity contribution in [3.8, 4) is 21.1 Å². The van der Waals surface area contributed by atoms with Crippen molar-refractivity contribution < 1.29 is 24.2 Å². The van der Waals surface area contributed by atoms with Gasteiger partial charge in [0.05, 0.1) is 6.67 Å². The summed E-state index contributed by atoms with van der Waals surface area (Å²) >= 11 is 3.34. The summed E-state index contributed by atoms with van der Waals surface area (Å²) in [7, 11) is 4.37. The van der Waals surface area contributed by atoms with E-state index < -0.39 is 11.6 Å². The predicted molar refractivity (Wildman–Crippen MR) is 263 cm³/mol. The topological polar surface area (TPSA) is 155 Å². The number of hydrogen-bond acceptors (Lipinski definition) is 13. The molecular formula is C50H64N10O5S2. The zero-order valence-corrected chi connectivity index (χ0v) is 41.9. The maximum absolute atomic E-state index is 12.7. The molecule has 17 heteroatoms. The van der Waals surface area contributed by atoms with Crippen LogP contribution < -0.4 is 0 Å². The van der Waals surface area contributed by atoms with Crippen LogP contribution in [0.25, 0.3) is 21.1 Å². The minimum Gasteiger partial charge on any atom is -0.476 e. The fraction of sp³-hybridized carbons (Fsp3) is 0.460. The van der Waals surface area contributed by atoms with Gasteiger partial charge in [-0.2, -0.15) is 14.9 Å². The van der Waals surface area contributed by atoms with E-state index in [0.717, 1.165) is 66.6 Å². The van der Waals surface area contributed by atoms with Crippen LogP contribution in [0.3, 0.4) is 0 Å². The summed E-state index contributed by atoms with van der Waals surface area (Å²) in [4.78, 5) is 54.1. The van der Waals surface area contributed by atoms with Gasteiger partial charge in [0.15, 0.2) is 11.4 Å². The molecule has 2 aromatic carbocycles. The first-order valence-corrected chi connectivity index (χ1v) is 24.5. The molecule has 356 valence electrons. The third-order valence-corrected chi connectivity index (χ3v) is 14.8. The van der Waals surface area contributed by atoms with Crippen LogP contribution in [-0.4, -0.2) is 129 Å². The molecule has 0 unspecified atom stereocenters. The van der Waals surface area contributed by atoms with Crippen LogP contribution in [0.2, 0.25) is 0 Å². The maximum atomic E-state index is 12.7. The van der Waals surface area contributed by atoms with E-state index in [2.05, 4.69) is 113 Å². The van der Waals surface area contributed by atoms with Crippen molar-refractivity contribution in [2.45, 2.75) is 111 Å². The molecule has 0 spiro atoms. The first-order chi connectivity index (χ1) is 31.8. The average molecular weight is 949 g/mol. The van der Waals surface area contributed by atoms with Crippen molar-refractivity contribution in [2.24, 2.45) is 0 Å². The van der Waals surface area contributed by atoms with Crippen LogP contribution >= 0.6 is 22.7 Å². The number of thiazole rings is 2. The number of carboxylic acid groups (broad SMARTS) is 1. The number of esters is 1. The van der Waals surface area contributed by atoms with E-state index in [9.17, 15) is 14.4 Å². The number of hydrogen-bond donors (Lipinski definition) is 1. The van der Waals surface area contributed by atoms with Crippen molar-refractivity contribution in [2.75, 3.05) is 40.3 Å². The number of aromatic nitrogens is 6. The van der Waals surface area contributed by atoms with Gasteiger partial charge in [0, 0.05) is 97.0 Å². The molecule has 0 aliphatic carbocycles. The lowest BCUT2D eigenvalue weighted by molar-refractivity contribution is 0.00597. The second-order valence-electron chi connectivity index (χ2n) is 19.4. The van der Waals surface area contributed by atoms with Gasteiger partial charge in [0.25, 0.3) is 0 Å². The van der Waals surface area contributed by atoms with Crippen LogP contribution in [0.1, 0.15) is 104 Å². The number of likely N-dealkylation sites (tertiary alicyclic amines) is 2. The molecule has 1 amide bonds. The van der Waals surface area contributed by atoms with Gasteiger partial charge < -0.3 is 14.7 Å². The summed E-state index contributed by atoms with van der Waals surface area (Å²) in [5, 5.41) is 23.5. The molecule has 8 rings (SSSR count). The molecule has 2 aliphatic rings. The summed E-state index contributed by atoms with van der Waals surface area (Å²) in [5.74, 6) is -1.52. The van der Waals surface area contributed by atoms with Gasteiger partial charge in [0.1, 0.15) is 15.6 Å². The fourth-order valence-corrected chi connectivity index (χ4v) is 9.93. The number of aromatic carboxylic acids is 1. The highest BCUT2D eigenvalue weighted by molar-refractivity contribution is 7.13. The molecule has 4 aromatic heterocycles. The van der Waals surface area contributed by atoms with Crippen LogP contribution in [0, 0.1) is 13.8 Å². The number of amides is 1. The van der Waals surface area contributed by atoms with Crippen LogP contribution in [-0.2, 0) is 24.5 Å². The van der Waals surface area contributed by atoms with Gasteiger partial charge in [-0.25, -0.2) is 24.4 Å². The van der Waals surface area contributed by atoms with Crippen molar-refractivity contribution >= 4 is 40.6 Å². The third-order valence-electron chi connectivity index (χ3n) is 13.2. The summed E-state index contributed by atoms with van der Waals surface area (Å²) in [6, 6.07) is 16.0. The fourth-order valence-electron chi connectivity index (χ4n) is 8.55. The van der Waals surface area contributed by atoms with Gasteiger partial charge in [-0.05, 0) is 124 Å². The molecule has 2 fully saturated rings. The lowest BCUT2D eigenvalue weighted by Crippen LogP contribution is -2.53. The van der Waals surface area contributed by atoms with Crippen molar-refractivity contribution in [1.29, 1.82) is 0 Å². The lowest BCUT2D eigenvalue weighted by atomic mass is 9.87. The molecule has 6 heterocycles. The predicted octanol–water partition coefficient (Wildman–Crippen LogP) is 9.18. The van der Waals surface area contributed by atoms with Gasteiger partial charge in [-0.15, -0.1) is 22.7 Å². The molecule has 0 radical (unpaired) electrons. The number of carboxylic acids is 1. The Bertz CT molecular complexity index is 2620. The molecule has 1 N–H and O–H groups in total. The normalized spacial score (nSPS) is 16.2. The molecule has 2 saturated heterocycles. The van der Waals surface area contributed by atoms with Gasteiger partial charge >= 0.3 is 18.0 Å². The Morgan fingerprint density at radius 3 is 1.70 bits per heavy atom. The Morgan fingerprint density at radius 1 is 0.731 bits per heavy atom. The first kappa shape index (κ1) is 49.3. The Labute approximate surface area is 402 Å². The standard InChI is InChI=1S/C27H37N5O2S.C23H27N5O3S/c1-20-7-8-21(22(17-20)24-28-12-16-35-24)18-30(6)27(5)10-14-31(15-11-27)19-32-13-9-23(29-32)25(33)34-26(2,3)4;1-16-4-5-17(18(14-16)20-24-9-13-32-20)15-26(3)23(2)7-11-27(12-8-23)22(31)28-10-6-19(25-28)21(29)30/h7-9,12-13,16-17H,10-11,14-15,18-19H2,1-6H3;4-6,9-10,13-14H,7-8,11-12,15H2,1-3H3,(H,29,30). The Morgan fingerprint density at radius 2 is 1.24 bits per heavy atom. The molecule has 15 nitrogen and oxygen atoms in total. The Kier molecular flexibility index (Phi) is 15.3. The van der Waals surface area contributed by atoms with Crippen LogP contribution in [0.15, 0.2) is 84.1 Å². The molecule has 0 bridgehead atoms. The Balaban J connectivity index is 0.000000200. The molecule has 6 aromatic rings. The highest BCUT2D eigenvalue weighted by Crippen LogP contribution is 2.35. The van der Waals surface area contributed by atoms with Gasteiger partial charge in [-0.1, -0.05) is 35.4 Å². The van der Waals surface area contributed by atoms with E-state index in [1.807, 2.05) is 54.8 Å². The van der Waals surface area contributed by atoms with Gasteiger partial charge in [-0.3, -0.25) is 19.4 Å². The Hall–Kier alpha value is -5.59. The third kappa shape index (κ3) is 12.3. The summed E-state index contributed by atoms with van der Waals surface area (Å²) < 4.78 is 8.38. The van der Waals surface area contributed by atoms with E-state index >= 15 is 0 Å². The minimum absolute atomic E-state index is 0.0574. The number of benzene rings is 2. The van der Waals surface area contributed by atoms with E-state index in [0.29, 0.717) is 25.5 Å². The highest BCUT2D eigenvalue weighted by Gasteiger charge is 2.37. The molecular weight excluding hydrogens is 885 g/mol. The lowest BCUT2D eigenvalue weighted by Gasteiger charge is -2.45. The SMILES string of the molecule is Cc1ccc(CN(C)C2(C)CCN(C(=O)n3ccc(C(=O)O)n3)CC2)c(-c2nccs2)c1.Cc1ccc(CN(C)C2(C)CCN(Cn3ccc(C(=O)OC(C)(C)C)n3)CC2)c(-c2nccs2)c1. The van der Waals surface area contributed by atoms with E-state index in [-0.39, 0.29) is 28.8 Å². The quantitative estimate of drug-likeness (QED) is 0.116. The number of piperidine rings is 2. The number of rotatable bonds is 12. The van der Waals surface area contributed by atoms with Crippen molar-refractivity contribution in [3.05, 3.63) is 118 Å². The number of ether oxygens (including phenoxy) is 1. The minimum atomic E-state index is -1.14. The van der Waals surface area contributed by atoms with E-state index in [1.165, 1.54) is 45.6 Å². The smallest absolute Gasteiger partial charge is 0.359 e. The van der Waals surface area contributed by atoms with Crippen molar-refractivity contribution in [1.82, 2.24) is 49.1 Å². The second kappa shape index (κ2) is 20.7. The molecule has 0 atom stereocenters.